The number of nitrogens with one attached hydrogen (secondary N) is 1. The molecule has 1 N–H and O–H groups in total. The zero-order valence-electron chi connectivity index (χ0n) is 20.5. The molecule has 9 heteroatoms. The fraction of sp³-hybridized carbons (Fsp3) is 0.179. The normalized spacial score (nSPS) is 12.8. The monoisotopic (exact) mass is 516 g/mol. The van der Waals surface area contributed by atoms with Gasteiger partial charge < -0.3 is 14.8 Å². The second kappa shape index (κ2) is 10.4. The summed E-state index contributed by atoms with van der Waals surface area (Å²) in [5.74, 6) is 0.819. The zero-order chi connectivity index (χ0) is 25.9. The highest BCUT2D eigenvalue weighted by atomic mass is 32.1. The Kier molecular flexibility index (Phi) is 6.87. The lowest BCUT2D eigenvalue weighted by Gasteiger charge is -2.27. The average Bonchev–Trinajstić information content (AvgIpc) is 3.53. The van der Waals surface area contributed by atoms with Gasteiger partial charge in [0.1, 0.15) is 28.3 Å². The number of carbonyl (C=O) groups is 1. The van der Waals surface area contributed by atoms with Gasteiger partial charge in [-0.05, 0) is 74.0 Å². The van der Waals surface area contributed by atoms with Crippen molar-refractivity contribution >= 4 is 28.1 Å². The number of hydrogen-bond donors (Lipinski definition) is 1. The van der Waals surface area contributed by atoms with Gasteiger partial charge in [0.15, 0.2) is 0 Å². The molecule has 0 aliphatic rings. The molecule has 0 radical (unpaired) electrons. The third kappa shape index (κ3) is 5.17. The number of benzene rings is 3. The number of nitrogens with zero attached hydrogens (tertiary/aromatic N) is 3. The summed E-state index contributed by atoms with van der Waals surface area (Å²) in [7, 11) is 1.61. The van der Waals surface area contributed by atoms with Crippen molar-refractivity contribution in [3.8, 4) is 17.2 Å². The van der Waals surface area contributed by atoms with Crippen LogP contribution in [-0.4, -0.2) is 33.8 Å². The van der Waals surface area contributed by atoms with Gasteiger partial charge in [0, 0.05) is 5.39 Å². The number of aromatic nitrogens is 3. The van der Waals surface area contributed by atoms with Crippen LogP contribution in [0.2, 0.25) is 0 Å². The van der Waals surface area contributed by atoms with Crippen LogP contribution in [0, 0.1) is 12.7 Å². The van der Waals surface area contributed by atoms with Gasteiger partial charge in [-0.15, -0.1) is 11.3 Å². The van der Waals surface area contributed by atoms with Crippen molar-refractivity contribution in [2.75, 3.05) is 7.11 Å². The Labute approximate surface area is 217 Å². The molecular weight excluding hydrogens is 491 g/mol. The Balaban J connectivity index is 1.45. The lowest BCUT2D eigenvalue weighted by Crippen LogP contribution is -2.39. The van der Waals surface area contributed by atoms with Crippen LogP contribution in [0.15, 0.2) is 78.4 Å². The summed E-state index contributed by atoms with van der Waals surface area (Å²) in [5, 5.41) is 8.40. The fourth-order valence-electron chi connectivity index (χ4n) is 4.16. The van der Waals surface area contributed by atoms with Crippen LogP contribution in [0.25, 0.3) is 16.6 Å². The van der Waals surface area contributed by atoms with Crippen LogP contribution in [0.3, 0.4) is 0 Å². The summed E-state index contributed by atoms with van der Waals surface area (Å²) in [6, 6.07) is 19.1. The van der Waals surface area contributed by atoms with Crippen molar-refractivity contribution < 1.29 is 18.7 Å². The summed E-state index contributed by atoms with van der Waals surface area (Å²) < 4.78 is 27.0. The largest absolute Gasteiger partial charge is 0.497 e. The minimum Gasteiger partial charge on any atom is -0.497 e. The van der Waals surface area contributed by atoms with E-state index in [1.54, 1.807) is 35.6 Å². The standard InChI is InChI=1S/C28H25FN4O3S/c1-17(32-28(34)27-18(2)30-16-37-27)26(19-5-4-6-23(13-19)35-3)36-24-11-12-25-20(14-24)15-31-33(25)22-9-7-21(29)8-10-22/h4-17,26H,1-3H3,(H,32,34)/t17-,26-/m0/s1. The minimum atomic E-state index is -0.503. The molecular formula is C28H25FN4O3S. The molecule has 5 aromatic rings. The Morgan fingerprint density at radius 2 is 1.89 bits per heavy atom. The first kappa shape index (κ1) is 24.5. The molecule has 2 aromatic heterocycles. The number of carbonyl (C=O) groups excluding carboxylic acids is 1. The summed E-state index contributed by atoms with van der Waals surface area (Å²) in [6.45, 7) is 3.72. The Bertz CT molecular complexity index is 1550. The molecule has 37 heavy (non-hydrogen) atoms. The molecule has 1 amide bonds. The number of halogens is 1. The van der Waals surface area contributed by atoms with Crippen LogP contribution in [0.1, 0.15) is 34.0 Å². The van der Waals surface area contributed by atoms with Crippen molar-refractivity contribution in [3.63, 3.8) is 0 Å². The van der Waals surface area contributed by atoms with Crippen LogP contribution in [0.5, 0.6) is 11.5 Å². The number of thiazole rings is 1. The SMILES string of the molecule is COc1cccc([C@@H](Oc2ccc3c(cnn3-c3ccc(F)cc3)c2)[C@H](C)NC(=O)c2scnc2C)c1. The smallest absolute Gasteiger partial charge is 0.263 e. The second-order valence-corrected chi connectivity index (χ2v) is 9.45. The molecule has 0 aliphatic carbocycles. The number of methoxy groups -OCH3 is 1. The molecule has 0 saturated carbocycles. The molecule has 0 bridgehead atoms. The summed E-state index contributed by atoms with van der Waals surface area (Å²) in [6.07, 6.45) is 1.24. The summed E-state index contributed by atoms with van der Waals surface area (Å²) in [5.41, 5.74) is 4.83. The van der Waals surface area contributed by atoms with Gasteiger partial charge in [0.05, 0.1) is 41.8 Å². The molecule has 3 aromatic carbocycles. The van der Waals surface area contributed by atoms with E-state index in [0.29, 0.717) is 22.1 Å². The van der Waals surface area contributed by atoms with Gasteiger partial charge in [-0.3, -0.25) is 4.79 Å². The zero-order valence-corrected chi connectivity index (χ0v) is 21.3. The van der Waals surface area contributed by atoms with Gasteiger partial charge in [-0.2, -0.15) is 5.10 Å². The molecule has 0 spiro atoms. The van der Waals surface area contributed by atoms with E-state index in [-0.39, 0.29) is 17.8 Å². The highest BCUT2D eigenvalue weighted by molar-refractivity contribution is 7.11. The first-order valence-electron chi connectivity index (χ1n) is 11.7. The molecule has 2 heterocycles. The predicted molar refractivity (Wildman–Crippen MR) is 141 cm³/mol. The van der Waals surface area contributed by atoms with Gasteiger partial charge in [-0.1, -0.05) is 12.1 Å². The number of aryl methyl sites for hydroxylation is 1. The fourth-order valence-corrected chi connectivity index (χ4v) is 4.87. The highest BCUT2D eigenvalue weighted by Gasteiger charge is 2.25. The lowest BCUT2D eigenvalue weighted by molar-refractivity contribution is 0.0885. The number of rotatable bonds is 8. The number of ether oxygens (including phenoxy) is 2. The topological polar surface area (TPSA) is 78.3 Å². The van der Waals surface area contributed by atoms with Crippen LogP contribution >= 0.6 is 11.3 Å². The Morgan fingerprint density at radius 3 is 2.62 bits per heavy atom. The minimum absolute atomic E-state index is 0.194. The third-order valence-electron chi connectivity index (χ3n) is 6.06. The molecule has 0 fully saturated rings. The molecule has 0 aliphatic heterocycles. The van der Waals surface area contributed by atoms with Gasteiger partial charge in [0.2, 0.25) is 0 Å². The first-order valence-corrected chi connectivity index (χ1v) is 12.6. The van der Waals surface area contributed by atoms with Crippen LogP contribution in [-0.2, 0) is 0 Å². The molecule has 7 nitrogen and oxygen atoms in total. The van der Waals surface area contributed by atoms with E-state index in [0.717, 1.165) is 22.2 Å². The van der Waals surface area contributed by atoms with Crippen LogP contribution < -0.4 is 14.8 Å². The average molecular weight is 517 g/mol. The van der Waals surface area contributed by atoms with E-state index in [1.165, 1.54) is 23.5 Å². The van der Waals surface area contributed by atoms with E-state index in [1.807, 2.05) is 56.3 Å². The number of fused-ring (bicyclic) bond motifs is 1. The lowest BCUT2D eigenvalue weighted by atomic mass is 10.0. The van der Waals surface area contributed by atoms with E-state index < -0.39 is 6.10 Å². The van der Waals surface area contributed by atoms with Crippen molar-refractivity contribution in [3.05, 3.63) is 100 Å². The predicted octanol–water partition coefficient (Wildman–Crippen LogP) is 5.88. The van der Waals surface area contributed by atoms with Crippen molar-refractivity contribution in [1.82, 2.24) is 20.1 Å². The van der Waals surface area contributed by atoms with E-state index in [4.69, 9.17) is 9.47 Å². The van der Waals surface area contributed by atoms with Gasteiger partial charge in [-0.25, -0.2) is 14.1 Å². The maximum atomic E-state index is 13.4. The molecule has 2 atom stereocenters. The number of amides is 1. The van der Waals surface area contributed by atoms with Crippen molar-refractivity contribution in [1.29, 1.82) is 0 Å². The molecule has 5 rings (SSSR count). The Morgan fingerprint density at radius 1 is 1.08 bits per heavy atom. The molecule has 188 valence electrons. The van der Waals surface area contributed by atoms with E-state index >= 15 is 0 Å². The van der Waals surface area contributed by atoms with E-state index in [2.05, 4.69) is 15.4 Å². The maximum absolute atomic E-state index is 13.4. The van der Waals surface area contributed by atoms with Gasteiger partial charge in [0.25, 0.3) is 5.91 Å². The first-order chi connectivity index (χ1) is 17.9. The molecule has 0 unspecified atom stereocenters. The van der Waals surface area contributed by atoms with Crippen molar-refractivity contribution in [2.24, 2.45) is 0 Å². The maximum Gasteiger partial charge on any atom is 0.263 e. The second-order valence-electron chi connectivity index (χ2n) is 8.60. The third-order valence-corrected chi connectivity index (χ3v) is 6.99. The summed E-state index contributed by atoms with van der Waals surface area (Å²) in [4.78, 5) is 17.7. The number of hydrogen-bond acceptors (Lipinski definition) is 6. The quantitative estimate of drug-likeness (QED) is 0.279. The Hall–Kier alpha value is -4.24. The van der Waals surface area contributed by atoms with E-state index in [9.17, 15) is 9.18 Å². The highest BCUT2D eigenvalue weighted by Crippen LogP contribution is 2.30. The van der Waals surface area contributed by atoms with Crippen LogP contribution in [0.4, 0.5) is 4.39 Å². The van der Waals surface area contributed by atoms with Crippen molar-refractivity contribution in [2.45, 2.75) is 26.0 Å². The summed E-state index contributed by atoms with van der Waals surface area (Å²) >= 11 is 1.31. The van der Waals surface area contributed by atoms with Gasteiger partial charge >= 0.3 is 0 Å². The molecule has 0 saturated heterocycles.